The smallest absolute Gasteiger partial charge is 0.124 e. The lowest BCUT2D eigenvalue weighted by molar-refractivity contribution is 0.144. The van der Waals surface area contributed by atoms with Crippen LogP contribution >= 0.6 is 15.9 Å². The van der Waals surface area contributed by atoms with E-state index in [9.17, 15) is 0 Å². The predicted octanol–water partition coefficient (Wildman–Crippen LogP) is 4.85. The van der Waals surface area contributed by atoms with E-state index in [1.807, 2.05) is 25.1 Å². The molecule has 4 heteroatoms. The summed E-state index contributed by atoms with van der Waals surface area (Å²) in [5.41, 5.74) is 3.63. The van der Waals surface area contributed by atoms with Gasteiger partial charge in [-0.25, -0.2) is 0 Å². The van der Waals surface area contributed by atoms with E-state index in [0.717, 1.165) is 48.5 Å². The first kappa shape index (κ1) is 19.0. The predicted molar refractivity (Wildman–Crippen MR) is 102 cm³/mol. The van der Waals surface area contributed by atoms with Gasteiger partial charge >= 0.3 is 0 Å². The van der Waals surface area contributed by atoms with Gasteiger partial charge in [-0.3, -0.25) is 0 Å². The molecule has 2 rings (SSSR count). The molecule has 0 fully saturated rings. The maximum Gasteiger partial charge on any atom is 0.124 e. The van der Waals surface area contributed by atoms with E-state index in [1.165, 1.54) is 11.1 Å². The van der Waals surface area contributed by atoms with Crippen molar-refractivity contribution in [2.75, 3.05) is 19.8 Å². The van der Waals surface area contributed by atoms with Crippen LogP contribution in [0.15, 0.2) is 46.9 Å². The van der Waals surface area contributed by atoms with E-state index in [2.05, 4.69) is 52.4 Å². The monoisotopic (exact) mass is 391 g/mol. The number of hydrogen-bond donors (Lipinski definition) is 1. The molecule has 0 radical (unpaired) electrons. The molecule has 0 atom stereocenters. The Balaban J connectivity index is 1.91. The minimum Gasteiger partial charge on any atom is -0.489 e. The lowest BCUT2D eigenvalue weighted by Crippen LogP contribution is -2.17. The second kappa shape index (κ2) is 10.5. The second-order valence-electron chi connectivity index (χ2n) is 5.69. The van der Waals surface area contributed by atoms with Gasteiger partial charge in [0.05, 0.1) is 0 Å². The van der Waals surface area contributed by atoms with Crippen molar-refractivity contribution in [1.82, 2.24) is 5.32 Å². The van der Waals surface area contributed by atoms with Crippen LogP contribution in [0.3, 0.4) is 0 Å². The summed E-state index contributed by atoms with van der Waals surface area (Å²) in [6.07, 6.45) is 1.02. The van der Waals surface area contributed by atoms with Gasteiger partial charge in [0.2, 0.25) is 0 Å². The van der Waals surface area contributed by atoms with E-state index >= 15 is 0 Å². The molecule has 0 amide bonds. The second-order valence-corrected chi connectivity index (χ2v) is 6.61. The van der Waals surface area contributed by atoms with E-state index in [-0.39, 0.29) is 0 Å². The molecule has 0 aromatic heterocycles. The summed E-state index contributed by atoms with van der Waals surface area (Å²) in [6, 6.07) is 14.5. The fraction of sp³-hybridized carbons (Fsp3) is 0.400. The van der Waals surface area contributed by atoms with Crippen LogP contribution in [-0.2, 0) is 17.9 Å². The molecule has 0 aliphatic rings. The average molecular weight is 392 g/mol. The van der Waals surface area contributed by atoms with Gasteiger partial charge in [0, 0.05) is 29.8 Å². The zero-order chi connectivity index (χ0) is 17.2. The highest BCUT2D eigenvalue weighted by atomic mass is 79.9. The normalized spacial score (nSPS) is 10.8. The van der Waals surface area contributed by atoms with Gasteiger partial charge in [0.15, 0.2) is 0 Å². The maximum absolute atomic E-state index is 6.07. The van der Waals surface area contributed by atoms with Crippen LogP contribution in [0.1, 0.15) is 30.0 Å². The largest absolute Gasteiger partial charge is 0.489 e. The Bertz CT molecular complexity index is 631. The van der Waals surface area contributed by atoms with Crippen LogP contribution in [0.4, 0.5) is 0 Å². The molecule has 0 unspecified atom stereocenters. The van der Waals surface area contributed by atoms with Gasteiger partial charge in [0.1, 0.15) is 12.4 Å². The quantitative estimate of drug-likeness (QED) is 0.587. The molecule has 2 aromatic carbocycles. The first-order chi connectivity index (χ1) is 11.7. The first-order valence-electron chi connectivity index (χ1n) is 8.45. The topological polar surface area (TPSA) is 30.5 Å². The minimum absolute atomic E-state index is 0.589. The molecule has 24 heavy (non-hydrogen) atoms. The summed E-state index contributed by atoms with van der Waals surface area (Å²) in [7, 11) is 0. The van der Waals surface area contributed by atoms with Crippen molar-refractivity contribution in [3.05, 3.63) is 63.6 Å². The average Bonchev–Trinajstić information content (AvgIpc) is 2.58. The summed E-state index contributed by atoms with van der Waals surface area (Å²) >= 11 is 3.54. The molecule has 0 spiro atoms. The van der Waals surface area contributed by atoms with Crippen molar-refractivity contribution in [3.63, 3.8) is 0 Å². The zero-order valence-electron chi connectivity index (χ0n) is 14.5. The molecule has 0 bridgehead atoms. The highest BCUT2D eigenvalue weighted by Crippen LogP contribution is 2.24. The van der Waals surface area contributed by atoms with Gasteiger partial charge in [-0.05, 0) is 56.1 Å². The van der Waals surface area contributed by atoms with Crippen LogP contribution in [0.25, 0.3) is 0 Å². The standard InChI is InChI=1S/C20H26BrNO2/c1-3-23-12-6-11-22-14-18-13-19(21)9-10-20(18)24-15-17-8-5-4-7-16(17)2/h4-5,7-10,13,22H,3,6,11-12,14-15H2,1-2H3. The number of rotatable bonds is 10. The Morgan fingerprint density at radius 3 is 2.71 bits per heavy atom. The van der Waals surface area contributed by atoms with Gasteiger partial charge < -0.3 is 14.8 Å². The van der Waals surface area contributed by atoms with Crippen molar-refractivity contribution in [1.29, 1.82) is 0 Å². The van der Waals surface area contributed by atoms with Crippen LogP contribution in [0, 0.1) is 6.92 Å². The first-order valence-corrected chi connectivity index (χ1v) is 9.24. The van der Waals surface area contributed by atoms with Gasteiger partial charge in [-0.2, -0.15) is 0 Å². The van der Waals surface area contributed by atoms with Crippen molar-refractivity contribution >= 4 is 15.9 Å². The number of nitrogens with one attached hydrogen (secondary N) is 1. The molecule has 0 saturated carbocycles. The molecule has 1 N–H and O–H groups in total. The summed E-state index contributed by atoms with van der Waals surface area (Å²) in [5, 5.41) is 3.46. The third-order valence-electron chi connectivity index (χ3n) is 3.83. The molecular formula is C20H26BrNO2. The Hall–Kier alpha value is -1.36. The Kier molecular flexibility index (Phi) is 8.29. The molecule has 0 aliphatic heterocycles. The fourth-order valence-corrected chi connectivity index (χ4v) is 2.83. The summed E-state index contributed by atoms with van der Waals surface area (Å²) in [4.78, 5) is 0. The van der Waals surface area contributed by atoms with Crippen LogP contribution in [-0.4, -0.2) is 19.8 Å². The molecular weight excluding hydrogens is 366 g/mol. The van der Waals surface area contributed by atoms with Gasteiger partial charge in [-0.1, -0.05) is 40.2 Å². The van der Waals surface area contributed by atoms with Gasteiger partial charge in [0.25, 0.3) is 0 Å². The van der Waals surface area contributed by atoms with Crippen molar-refractivity contribution < 1.29 is 9.47 Å². The SMILES string of the molecule is CCOCCCNCc1cc(Br)ccc1OCc1ccccc1C. The van der Waals surface area contributed by atoms with Crippen molar-refractivity contribution in [2.24, 2.45) is 0 Å². The number of halogens is 1. The van der Waals surface area contributed by atoms with Crippen molar-refractivity contribution in [3.8, 4) is 5.75 Å². The van der Waals surface area contributed by atoms with Crippen LogP contribution in [0.2, 0.25) is 0 Å². The molecule has 0 heterocycles. The fourth-order valence-electron chi connectivity index (χ4n) is 2.42. The maximum atomic E-state index is 6.07. The molecule has 0 saturated heterocycles. The molecule has 3 nitrogen and oxygen atoms in total. The third kappa shape index (κ3) is 6.27. The number of hydrogen-bond acceptors (Lipinski definition) is 3. The summed E-state index contributed by atoms with van der Waals surface area (Å²) in [6.45, 7) is 8.03. The Morgan fingerprint density at radius 2 is 1.92 bits per heavy atom. The van der Waals surface area contributed by atoms with Crippen LogP contribution < -0.4 is 10.1 Å². The summed E-state index contributed by atoms with van der Waals surface area (Å²) < 4.78 is 12.5. The lowest BCUT2D eigenvalue weighted by Gasteiger charge is -2.14. The highest BCUT2D eigenvalue weighted by Gasteiger charge is 2.06. The number of aryl methyl sites for hydroxylation is 1. The number of benzene rings is 2. The van der Waals surface area contributed by atoms with E-state index in [1.54, 1.807) is 0 Å². The zero-order valence-corrected chi connectivity index (χ0v) is 16.1. The molecule has 0 aliphatic carbocycles. The van der Waals surface area contributed by atoms with Crippen molar-refractivity contribution in [2.45, 2.75) is 33.4 Å². The van der Waals surface area contributed by atoms with E-state index in [4.69, 9.17) is 9.47 Å². The third-order valence-corrected chi connectivity index (χ3v) is 4.32. The van der Waals surface area contributed by atoms with E-state index < -0.39 is 0 Å². The Labute approximate surface area is 153 Å². The summed E-state index contributed by atoms with van der Waals surface area (Å²) in [5.74, 6) is 0.929. The minimum atomic E-state index is 0.589. The lowest BCUT2D eigenvalue weighted by atomic mass is 10.1. The van der Waals surface area contributed by atoms with Gasteiger partial charge in [-0.15, -0.1) is 0 Å². The van der Waals surface area contributed by atoms with Crippen LogP contribution in [0.5, 0.6) is 5.75 Å². The number of ether oxygens (including phenoxy) is 2. The Morgan fingerprint density at radius 1 is 1.08 bits per heavy atom. The molecule has 2 aromatic rings. The van der Waals surface area contributed by atoms with E-state index in [0.29, 0.717) is 6.61 Å². The molecule has 130 valence electrons. The highest BCUT2D eigenvalue weighted by molar-refractivity contribution is 9.10.